The molecular formula is C50H43N3. The molecule has 4 atom stereocenters. The predicted octanol–water partition coefficient (Wildman–Crippen LogP) is 13.1. The number of hydrogen-bond donors (Lipinski definition) is 0. The second-order valence-electron chi connectivity index (χ2n) is 16.2. The van der Waals surface area contributed by atoms with Gasteiger partial charge in [-0.1, -0.05) is 141 Å². The quantitative estimate of drug-likeness (QED) is 0.181. The Morgan fingerprint density at radius 1 is 0.434 bits per heavy atom. The highest BCUT2D eigenvalue weighted by Gasteiger charge is 2.45. The molecule has 2 aliphatic carbocycles. The maximum Gasteiger partial charge on any atom is 0.164 e. The molecule has 2 unspecified atom stereocenters. The average molecular weight is 686 g/mol. The molecule has 1 aromatic heterocycles. The van der Waals surface area contributed by atoms with E-state index < -0.39 is 0 Å². The molecule has 1 heterocycles. The maximum absolute atomic E-state index is 5.25. The van der Waals surface area contributed by atoms with Gasteiger partial charge in [-0.25, -0.2) is 15.0 Å². The van der Waals surface area contributed by atoms with Gasteiger partial charge in [-0.05, 0) is 122 Å². The van der Waals surface area contributed by atoms with E-state index in [1.165, 1.54) is 65.0 Å². The van der Waals surface area contributed by atoms with E-state index in [0.29, 0.717) is 22.9 Å². The number of rotatable bonds is 5. The molecule has 8 aromatic rings. The number of aromatic nitrogens is 3. The lowest BCUT2D eigenvalue weighted by Gasteiger charge is -2.50. The summed E-state index contributed by atoms with van der Waals surface area (Å²) in [4.78, 5) is 15.6. The third kappa shape index (κ3) is 5.80. The normalized spacial score (nSPS) is 21.3. The van der Waals surface area contributed by atoms with Crippen LogP contribution in [0.1, 0.15) is 51.5 Å². The van der Waals surface area contributed by atoms with E-state index in [1.54, 1.807) is 0 Å². The lowest BCUT2D eigenvalue weighted by molar-refractivity contribution is 0.0780. The van der Waals surface area contributed by atoms with Crippen LogP contribution < -0.4 is 0 Å². The van der Waals surface area contributed by atoms with Gasteiger partial charge in [0.1, 0.15) is 0 Å². The maximum atomic E-state index is 5.25. The van der Waals surface area contributed by atoms with Crippen molar-refractivity contribution in [3.8, 4) is 45.3 Å². The van der Waals surface area contributed by atoms with E-state index >= 15 is 0 Å². The van der Waals surface area contributed by atoms with Crippen LogP contribution in [0.2, 0.25) is 0 Å². The van der Waals surface area contributed by atoms with Crippen molar-refractivity contribution >= 4 is 32.3 Å². The smallest absolute Gasteiger partial charge is 0.164 e. The zero-order valence-electron chi connectivity index (χ0n) is 30.5. The standard InChI is InChI=1S/C50H43N3/c1-32-24-34-25-33(2)30-50(29-32,31-34)42-22-20-37(21-23-42)46-28-41(27-39-13-6-8-16-44(39)46)48-51-47(40-19-18-35-10-3-4-12-38(35)26-40)52-49(53-48)45-17-9-14-36-11-5-7-15-43(36)45/h3-23,26-28,32-34H,24-25,29-31H2,1-2H3/t32-,33+,34?,50?. The summed E-state index contributed by atoms with van der Waals surface area (Å²) in [5.74, 6) is 4.47. The second-order valence-corrected chi connectivity index (χ2v) is 16.2. The van der Waals surface area contributed by atoms with E-state index in [9.17, 15) is 0 Å². The molecule has 2 aliphatic rings. The molecule has 10 rings (SSSR count). The Labute approximate surface area is 311 Å². The van der Waals surface area contributed by atoms with E-state index in [1.807, 2.05) is 0 Å². The summed E-state index contributed by atoms with van der Waals surface area (Å²) in [6.45, 7) is 4.95. The Balaban J connectivity index is 1.13. The largest absolute Gasteiger partial charge is 0.208 e. The van der Waals surface area contributed by atoms with Crippen LogP contribution in [0.15, 0.2) is 146 Å². The van der Waals surface area contributed by atoms with Crippen LogP contribution in [0.4, 0.5) is 0 Å². The average Bonchev–Trinajstić information content (AvgIpc) is 3.19. The van der Waals surface area contributed by atoms with Crippen molar-refractivity contribution < 1.29 is 0 Å². The van der Waals surface area contributed by atoms with Crippen molar-refractivity contribution in [3.63, 3.8) is 0 Å². The Morgan fingerprint density at radius 3 is 1.75 bits per heavy atom. The van der Waals surface area contributed by atoms with E-state index in [0.717, 1.165) is 50.6 Å². The molecule has 2 bridgehead atoms. The minimum Gasteiger partial charge on any atom is -0.208 e. The van der Waals surface area contributed by atoms with Crippen LogP contribution >= 0.6 is 0 Å². The van der Waals surface area contributed by atoms with Crippen molar-refractivity contribution in [2.75, 3.05) is 0 Å². The van der Waals surface area contributed by atoms with Crippen molar-refractivity contribution in [1.29, 1.82) is 0 Å². The third-order valence-electron chi connectivity index (χ3n) is 12.2. The summed E-state index contributed by atoms with van der Waals surface area (Å²) < 4.78 is 0. The fourth-order valence-corrected chi connectivity index (χ4v) is 10.2. The molecule has 2 fully saturated rings. The van der Waals surface area contributed by atoms with Crippen LogP contribution in [-0.2, 0) is 5.41 Å². The summed E-state index contributed by atoms with van der Waals surface area (Å²) >= 11 is 0. The molecule has 0 radical (unpaired) electrons. The highest BCUT2D eigenvalue weighted by molar-refractivity contribution is 6.00. The molecule has 3 heteroatoms. The molecular weight excluding hydrogens is 643 g/mol. The molecule has 0 aliphatic heterocycles. The molecule has 0 saturated heterocycles. The molecule has 53 heavy (non-hydrogen) atoms. The summed E-state index contributed by atoms with van der Waals surface area (Å²) in [5.41, 5.74) is 7.23. The fraction of sp³-hybridized carbons (Fsp3) is 0.220. The number of nitrogens with zero attached hydrogens (tertiary/aromatic N) is 3. The van der Waals surface area contributed by atoms with Crippen LogP contribution in [0.3, 0.4) is 0 Å². The number of hydrogen-bond acceptors (Lipinski definition) is 3. The SMILES string of the molecule is C[C@@H]1CC2C[C@H](C)CC(c3ccc(-c4cc(-c5nc(-c6ccc7ccccc7c6)nc(-c6cccc7ccccc67)n5)cc5ccccc45)cc3)(C2)C1. The lowest BCUT2D eigenvalue weighted by atomic mass is 9.54. The first-order chi connectivity index (χ1) is 26.0. The van der Waals surface area contributed by atoms with Crippen molar-refractivity contribution in [1.82, 2.24) is 15.0 Å². The zero-order chi connectivity index (χ0) is 35.5. The van der Waals surface area contributed by atoms with Crippen molar-refractivity contribution in [2.24, 2.45) is 17.8 Å². The highest BCUT2D eigenvalue weighted by Crippen LogP contribution is 2.54. The highest BCUT2D eigenvalue weighted by atomic mass is 15.0. The monoisotopic (exact) mass is 685 g/mol. The fourth-order valence-electron chi connectivity index (χ4n) is 10.2. The van der Waals surface area contributed by atoms with Gasteiger partial charge in [0.25, 0.3) is 0 Å². The van der Waals surface area contributed by atoms with Gasteiger partial charge in [-0.3, -0.25) is 0 Å². The minimum absolute atomic E-state index is 0.310. The first-order valence-corrected chi connectivity index (χ1v) is 19.4. The third-order valence-corrected chi connectivity index (χ3v) is 12.2. The van der Waals surface area contributed by atoms with Gasteiger partial charge >= 0.3 is 0 Å². The Bertz CT molecular complexity index is 2630. The molecule has 0 amide bonds. The first kappa shape index (κ1) is 32.0. The second kappa shape index (κ2) is 12.8. The van der Waals surface area contributed by atoms with E-state index in [4.69, 9.17) is 15.0 Å². The number of benzene rings is 7. The van der Waals surface area contributed by atoms with E-state index in [2.05, 4.69) is 159 Å². The van der Waals surface area contributed by atoms with Crippen LogP contribution in [0.25, 0.3) is 77.6 Å². The molecule has 3 nitrogen and oxygen atoms in total. The molecule has 258 valence electrons. The molecule has 0 N–H and O–H groups in total. The van der Waals surface area contributed by atoms with Crippen LogP contribution in [0.5, 0.6) is 0 Å². The Morgan fingerprint density at radius 2 is 1.00 bits per heavy atom. The van der Waals surface area contributed by atoms with Crippen molar-refractivity contribution in [3.05, 3.63) is 151 Å². The Kier molecular flexibility index (Phi) is 7.72. The van der Waals surface area contributed by atoms with Gasteiger partial charge in [0, 0.05) is 16.7 Å². The predicted molar refractivity (Wildman–Crippen MR) is 221 cm³/mol. The van der Waals surface area contributed by atoms with Crippen LogP contribution in [-0.4, -0.2) is 15.0 Å². The topological polar surface area (TPSA) is 38.7 Å². The van der Waals surface area contributed by atoms with Gasteiger partial charge in [-0.15, -0.1) is 0 Å². The molecule has 0 spiro atoms. The first-order valence-electron chi connectivity index (χ1n) is 19.4. The van der Waals surface area contributed by atoms with Gasteiger partial charge in [-0.2, -0.15) is 0 Å². The summed E-state index contributed by atoms with van der Waals surface area (Å²) in [5, 5.41) is 7.05. The van der Waals surface area contributed by atoms with Crippen molar-refractivity contribution in [2.45, 2.75) is 51.4 Å². The van der Waals surface area contributed by atoms with Gasteiger partial charge in [0.15, 0.2) is 17.5 Å². The zero-order valence-corrected chi connectivity index (χ0v) is 30.5. The lowest BCUT2D eigenvalue weighted by Crippen LogP contribution is -2.42. The van der Waals surface area contributed by atoms with Gasteiger partial charge < -0.3 is 0 Å². The Hall–Kier alpha value is -5.67. The molecule has 7 aromatic carbocycles. The summed E-state index contributed by atoms with van der Waals surface area (Å²) in [7, 11) is 0. The summed E-state index contributed by atoms with van der Waals surface area (Å²) in [6, 6.07) is 52.7. The number of fused-ring (bicyclic) bond motifs is 5. The molecule has 2 saturated carbocycles. The van der Waals surface area contributed by atoms with E-state index in [-0.39, 0.29) is 0 Å². The van der Waals surface area contributed by atoms with Gasteiger partial charge in [0.05, 0.1) is 0 Å². The van der Waals surface area contributed by atoms with Crippen LogP contribution in [0, 0.1) is 17.8 Å². The van der Waals surface area contributed by atoms with Gasteiger partial charge in [0.2, 0.25) is 0 Å². The minimum atomic E-state index is 0.310. The summed E-state index contributed by atoms with van der Waals surface area (Å²) in [6.07, 6.45) is 6.75.